The zero-order valence-corrected chi connectivity index (χ0v) is 15.1. The van der Waals surface area contributed by atoms with E-state index in [9.17, 15) is 4.79 Å². The Hall–Kier alpha value is -2.86. The van der Waals surface area contributed by atoms with Gasteiger partial charge in [-0.05, 0) is 43.7 Å². The van der Waals surface area contributed by atoms with Crippen LogP contribution in [0.25, 0.3) is 10.9 Å². The van der Waals surface area contributed by atoms with E-state index in [2.05, 4.69) is 44.6 Å². The van der Waals surface area contributed by atoms with Crippen LogP contribution in [0.15, 0.2) is 36.5 Å². The van der Waals surface area contributed by atoms with E-state index in [0.717, 1.165) is 48.3 Å². The van der Waals surface area contributed by atoms with E-state index in [0.29, 0.717) is 11.5 Å². The average molecular weight is 349 g/mol. The molecule has 134 valence electrons. The molecule has 0 aliphatic carbocycles. The normalized spacial score (nSPS) is 14.6. The molecule has 1 aromatic carbocycles. The van der Waals surface area contributed by atoms with Crippen LogP contribution < -0.4 is 15.5 Å². The molecule has 3 heterocycles. The summed E-state index contributed by atoms with van der Waals surface area (Å²) in [6.45, 7) is 8.02. The third-order valence-corrected chi connectivity index (χ3v) is 4.79. The van der Waals surface area contributed by atoms with Gasteiger partial charge in [-0.25, -0.2) is 4.98 Å². The fourth-order valence-electron chi connectivity index (χ4n) is 3.49. The number of aromatic amines is 1. The lowest BCUT2D eigenvalue weighted by Gasteiger charge is -2.29. The zero-order chi connectivity index (χ0) is 18.1. The lowest BCUT2D eigenvalue weighted by Crippen LogP contribution is -2.43. The minimum atomic E-state index is -0.180. The standard InChI is InChI=1S/C20H23N5O/c1-13-9-14(2)19-15(10-13)11-17(23-19)20(26)24-18-4-3-16(12-22-18)25-7-5-21-6-8-25/h3-4,9-12,21,23H,5-8H2,1-2H3,(H,22,24,26). The second kappa shape index (κ2) is 6.80. The van der Waals surface area contributed by atoms with Crippen molar-refractivity contribution in [2.24, 2.45) is 0 Å². The molecule has 1 aliphatic rings. The molecule has 0 bridgehead atoms. The Morgan fingerprint density at radius 2 is 1.96 bits per heavy atom. The summed E-state index contributed by atoms with van der Waals surface area (Å²) >= 11 is 0. The molecule has 1 aliphatic heterocycles. The average Bonchev–Trinajstić information content (AvgIpc) is 3.08. The molecule has 0 radical (unpaired) electrons. The third-order valence-electron chi connectivity index (χ3n) is 4.79. The number of amides is 1. The van der Waals surface area contributed by atoms with Gasteiger partial charge in [0, 0.05) is 37.1 Å². The van der Waals surface area contributed by atoms with Gasteiger partial charge in [0.1, 0.15) is 11.5 Å². The number of hydrogen-bond acceptors (Lipinski definition) is 4. The van der Waals surface area contributed by atoms with E-state index in [1.807, 2.05) is 31.3 Å². The number of aryl methyl sites for hydroxylation is 2. The number of rotatable bonds is 3. The summed E-state index contributed by atoms with van der Waals surface area (Å²) < 4.78 is 0. The van der Waals surface area contributed by atoms with Crippen molar-refractivity contribution in [2.45, 2.75) is 13.8 Å². The number of fused-ring (bicyclic) bond motifs is 1. The Kier molecular flexibility index (Phi) is 4.34. The van der Waals surface area contributed by atoms with Gasteiger partial charge >= 0.3 is 0 Å². The number of pyridine rings is 1. The molecule has 6 heteroatoms. The van der Waals surface area contributed by atoms with Crippen LogP contribution in [-0.4, -0.2) is 42.1 Å². The van der Waals surface area contributed by atoms with E-state index >= 15 is 0 Å². The Morgan fingerprint density at radius 3 is 2.69 bits per heavy atom. The van der Waals surface area contributed by atoms with Crippen molar-refractivity contribution in [3.63, 3.8) is 0 Å². The van der Waals surface area contributed by atoms with Gasteiger partial charge in [-0.15, -0.1) is 0 Å². The first kappa shape index (κ1) is 16.6. The van der Waals surface area contributed by atoms with Gasteiger partial charge in [0.15, 0.2) is 0 Å². The van der Waals surface area contributed by atoms with Crippen LogP contribution in [0, 0.1) is 13.8 Å². The predicted molar refractivity (Wildman–Crippen MR) is 105 cm³/mol. The summed E-state index contributed by atoms with van der Waals surface area (Å²) in [6.07, 6.45) is 1.82. The lowest BCUT2D eigenvalue weighted by atomic mass is 10.1. The maximum atomic E-state index is 12.6. The molecule has 0 saturated carbocycles. The minimum Gasteiger partial charge on any atom is -0.368 e. The van der Waals surface area contributed by atoms with E-state index < -0.39 is 0 Å². The Labute approximate surface area is 152 Å². The van der Waals surface area contributed by atoms with Crippen LogP contribution in [0.3, 0.4) is 0 Å². The fourth-order valence-corrected chi connectivity index (χ4v) is 3.49. The van der Waals surface area contributed by atoms with Gasteiger partial charge in [0.2, 0.25) is 0 Å². The third kappa shape index (κ3) is 3.28. The summed E-state index contributed by atoms with van der Waals surface area (Å²) in [7, 11) is 0. The van der Waals surface area contributed by atoms with E-state index in [1.54, 1.807) is 0 Å². The summed E-state index contributed by atoms with van der Waals surface area (Å²) in [5, 5.41) is 7.26. The van der Waals surface area contributed by atoms with Crippen LogP contribution >= 0.6 is 0 Å². The molecule has 0 atom stereocenters. The molecule has 4 rings (SSSR count). The SMILES string of the molecule is Cc1cc(C)c2[nH]c(C(=O)Nc3ccc(N4CCNCC4)cn3)cc2c1. The Bertz CT molecular complexity index is 939. The van der Waals surface area contributed by atoms with E-state index in [-0.39, 0.29) is 5.91 Å². The predicted octanol–water partition coefficient (Wildman–Crippen LogP) is 2.84. The molecule has 0 unspecified atom stereocenters. The number of carbonyl (C=O) groups is 1. The van der Waals surface area contributed by atoms with Crippen molar-refractivity contribution in [1.29, 1.82) is 0 Å². The second-order valence-corrected chi connectivity index (χ2v) is 6.82. The smallest absolute Gasteiger partial charge is 0.273 e. The molecular formula is C20H23N5O. The van der Waals surface area contributed by atoms with Gasteiger partial charge in [-0.2, -0.15) is 0 Å². The van der Waals surface area contributed by atoms with Crippen molar-refractivity contribution >= 4 is 28.3 Å². The van der Waals surface area contributed by atoms with Crippen LogP contribution in [0.4, 0.5) is 11.5 Å². The molecule has 3 aromatic rings. The van der Waals surface area contributed by atoms with Crippen LogP contribution in [0.2, 0.25) is 0 Å². The van der Waals surface area contributed by atoms with Gasteiger partial charge in [0.05, 0.1) is 11.9 Å². The number of nitrogens with one attached hydrogen (secondary N) is 3. The van der Waals surface area contributed by atoms with Gasteiger partial charge in [-0.3, -0.25) is 4.79 Å². The maximum Gasteiger partial charge on any atom is 0.273 e. The number of benzene rings is 1. The van der Waals surface area contributed by atoms with Crippen molar-refractivity contribution in [1.82, 2.24) is 15.3 Å². The first-order valence-electron chi connectivity index (χ1n) is 8.93. The Morgan fingerprint density at radius 1 is 1.15 bits per heavy atom. The lowest BCUT2D eigenvalue weighted by molar-refractivity contribution is 0.102. The van der Waals surface area contributed by atoms with Crippen LogP contribution in [0.1, 0.15) is 21.6 Å². The van der Waals surface area contributed by atoms with Crippen molar-refractivity contribution < 1.29 is 4.79 Å². The molecular weight excluding hydrogens is 326 g/mol. The summed E-state index contributed by atoms with van der Waals surface area (Å²) in [4.78, 5) is 22.5. The summed E-state index contributed by atoms with van der Waals surface area (Å²) in [5.41, 5.74) is 4.95. The monoisotopic (exact) mass is 349 g/mol. The van der Waals surface area contributed by atoms with Gasteiger partial charge < -0.3 is 20.5 Å². The molecule has 6 nitrogen and oxygen atoms in total. The van der Waals surface area contributed by atoms with Gasteiger partial charge in [-0.1, -0.05) is 11.6 Å². The minimum absolute atomic E-state index is 0.180. The molecule has 1 saturated heterocycles. The number of H-pyrrole nitrogens is 1. The van der Waals surface area contributed by atoms with Gasteiger partial charge in [0.25, 0.3) is 5.91 Å². The molecule has 1 amide bonds. The fraction of sp³-hybridized carbons (Fsp3) is 0.300. The number of carbonyl (C=O) groups excluding carboxylic acids is 1. The number of aromatic nitrogens is 2. The molecule has 0 spiro atoms. The summed E-state index contributed by atoms with van der Waals surface area (Å²) in [5.74, 6) is 0.376. The highest BCUT2D eigenvalue weighted by molar-refractivity contribution is 6.05. The highest BCUT2D eigenvalue weighted by Crippen LogP contribution is 2.22. The first-order valence-corrected chi connectivity index (χ1v) is 8.93. The summed E-state index contributed by atoms with van der Waals surface area (Å²) in [6, 6.07) is 9.94. The molecule has 2 aromatic heterocycles. The number of anilines is 2. The topological polar surface area (TPSA) is 73.1 Å². The Balaban J connectivity index is 1.50. The number of piperazine rings is 1. The quantitative estimate of drug-likeness (QED) is 0.680. The zero-order valence-electron chi connectivity index (χ0n) is 15.1. The second-order valence-electron chi connectivity index (χ2n) is 6.82. The molecule has 1 fully saturated rings. The van der Waals surface area contributed by atoms with Crippen molar-refractivity contribution in [2.75, 3.05) is 36.4 Å². The van der Waals surface area contributed by atoms with E-state index in [1.165, 1.54) is 5.56 Å². The van der Waals surface area contributed by atoms with Crippen molar-refractivity contribution in [3.05, 3.63) is 53.3 Å². The molecule has 26 heavy (non-hydrogen) atoms. The van der Waals surface area contributed by atoms with Crippen LogP contribution in [0.5, 0.6) is 0 Å². The highest BCUT2D eigenvalue weighted by Gasteiger charge is 2.13. The van der Waals surface area contributed by atoms with Crippen molar-refractivity contribution in [3.8, 4) is 0 Å². The number of hydrogen-bond donors (Lipinski definition) is 3. The van der Waals surface area contributed by atoms with Crippen LogP contribution in [-0.2, 0) is 0 Å². The highest BCUT2D eigenvalue weighted by atomic mass is 16.1. The molecule has 3 N–H and O–H groups in total. The number of nitrogens with zero attached hydrogens (tertiary/aromatic N) is 2. The maximum absolute atomic E-state index is 12.6. The largest absolute Gasteiger partial charge is 0.368 e. The first-order chi connectivity index (χ1) is 12.6. The van der Waals surface area contributed by atoms with E-state index in [4.69, 9.17) is 0 Å².